The smallest absolute Gasteiger partial charge is 0.337 e. The van der Waals surface area contributed by atoms with E-state index in [4.69, 9.17) is 18.9 Å². The highest BCUT2D eigenvalue weighted by Gasteiger charge is 2.51. The summed E-state index contributed by atoms with van der Waals surface area (Å²) in [7, 11) is 1.23. The maximum atomic E-state index is 11.6. The molecule has 0 saturated carbocycles. The Labute approximate surface area is 188 Å². The van der Waals surface area contributed by atoms with Crippen LogP contribution in [0, 0.1) is 0 Å². The highest BCUT2D eigenvalue weighted by molar-refractivity contribution is 5.89. The fraction of sp³-hybridized carbons (Fsp3) is 0.650. The van der Waals surface area contributed by atoms with Crippen molar-refractivity contribution in [2.75, 3.05) is 20.3 Å². The predicted octanol–water partition coefficient (Wildman–Crippen LogP) is -3.52. The van der Waals surface area contributed by atoms with Crippen molar-refractivity contribution in [3.8, 4) is 5.75 Å². The summed E-state index contributed by atoms with van der Waals surface area (Å²) in [5.74, 6) is -0.409. The van der Waals surface area contributed by atoms with Gasteiger partial charge < -0.3 is 59.4 Å². The van der Waals surface area contributed by atoms with Crippen LogP contribution in [0.3, 0.4) is 0 Å². The van der Waals surface area contributed by atoms with Gasteiger partial charge in [0.2, 0.25) is 6.29 Å². The lowest BCUT2D eigenvalue weighted by Gasteiger charge is -2.45. The summed E-state index contributed by atoms with van der Waals surface area (Å²) in [5.41, 5.74) is 0.243. The molecule has 2 saturated heterocycles. The van der Waals surface area contributed by atoms with Crippen LogP contribution >= 0.6 is 0 Å². The van der Waals surface area contributed by atoms with Gasteiger partial charge in [-0.15, -0.1) is 0 Å². The molecule has 2 aliphatic heterocycles. The molecule has 0 spiro atoms. The molecule has 13 heteroatoms. The Morgan fingerprint density at radius 2 is 1.36 bits per heavy atom. The Balaban J connectivity index is 1.81. The topological polar surface area (TPSA) is 205 Å². The molecule has 0 radical (unpaired) electrons. The van der Waals surface area contributed by atoms with Crippen LogP contribution in [-0.2, 0) is 18.9 Å². The van der Waals surface area contributed by atoms with Crippen LogP contribution in [-0.4, -0.2) is 123 Å². The van der Waals surface area contributed by atoms with Gasteiger partial charge in [0, 0.05) is 0 Å². The molecule has 0 amide bonds. The van der Waals surface area contributed by atoms with Gasteiger partial charge in [0.05, 0.1) is 25.9 Å². The number of carbonyl (C=O) groups excluding carboxylic acids is 1. The quantitative estimate of drug-likeness (QED) is 0.191. The fourth-order valence-corrected chi connectivity index (χ4v) is 3.55. The Bertz CT molecular complexity index is 772. The first kappa shape index (κ1) is 25.7. The Kier molecular flexibility index (Phi) is 8.58. The Morgan fingerprint density at radius 1 is 0.818 bits per heavy atom. The molecular weight excluding hydrogens is 448 g/mol. The maximum absolute atomic E-state index is 11.6. The number of rotatable bonds is 7. The van der Waals surface area contributed by atoms with Crippen LogP contribution in [0.4, 0.5) is 0 Å². The summed E-state index contributed by atoms with van der Waals surface area (Å²) < 4.78 is 26.7. The van der Waals surface area contributed by atoms with E-state index in [9.17, 15) is 40.5 Å². The minimum atomic E-state index is -1.78. The SMILES string of the molecule is COC(=O)c1ccc(O[C@H]2O[C@H](CO)[C@@H](O)[C@H](O)[C@@H]2O[C@H]2O[C@H](CO)[C@@H](O)[C@H](O)[C@@H]2O)cc1. The van der Waals surface area contributed by atoms with Crippen molar-refractivity contribution in [1.29, 1.82) is 0 Å². The van der Waals surface area contributed by atoms with Crippen LogP contribution in [0.25, 0.3) is 0 Å². The second-order valence-electron chi connectivity index (χ2n) is 7.64. The van der Waals surface area contributed by atoms with Crippen molar-refractivity contribution in [3.05, 3.63) is 29.8 Å². The number of ether oxygens (including phenoxy) is 5. The normalized spacial score (nSPS) is 39.2. The largest absolute Gasteiger partial charge is 0.465 e. The lowest BCUT2D eigenvalue weighted by atomic mass is 9.97. The number of hydrogen-bond acceptors (Lipinski definition) is 13. The fourth-order valence-electron chi connectivity index (χ4n) is 3.55. The second kappa shape index (κ2) is 11.0. The first-order valence-corrected chi connectivity index (χ1v) is 10.1. The molecule has 10 atom stereocenters. The van der Waals surface area contributed by atoms with E-state index in [-0.39, 0.29) is 11.3 Å². The van der Waals surface area contributed by atoms with E-state index in [0.717, 1.165) is 0 Å². The van der Waals surface area contributed by atoms with Crippen molar-refractivity contribution in [2.24, 2.45) is 0 Å². The van der Waals surface area contributed by atoms with E-state index >= 15 is 0 Å². The molecule has 13 nitrogen and oxygen atoms in total. The first-order valence-electron chi connectivity index (χ1n) is 10.1. The molecule has 2 fully saturated rings. The van der Waals surface area contributed by atoms with E-state index in [1.165, 1.54) is 31.4 Å². The number of carbonyl (C=O) groups is 1. The van der Waals surface area contributed by atoms with E-state index in [1.54, 1.807) is 0 Å². The summed E-state index contributed by atoms with van der Waals surface area (Å²) >= 11 is 0. The molecule has 2 aliphatic rings. The third-order valence-electron chi connectivity index (χ3n) is 5.49. The van der Waals surface area contributed by atoms with E-state index < -0.39 is 80.6 Å². The Morgan fingerprint density at radius 3 is 1.91 bits per heavy atom. The molecule has 7 N–H and O–H groups in total. The highest BCUT2D eigenvalue weighted by Crippen LogP contribution is 2.30. The number of methoxy groups -OCH3 is 1. The van der Waals surface area contributed by atoms with Crippen molar-refractivity contribution in [2.45, 2.75) is 61.4 Å². The molecule has 186 valence electrons. The van der Waals surface area contributed by atoms with Gasteiger partial charge >= 0.3 is 5.97 Å². The van der Waals surface area contributed by atoms with Gasteiger partial charge in [-0.1, -0.05) is 0 Å². The average Bonchev–Trinajstić information content (AvgIpc) is 2.83. The number of benzene rings is 1. The molecule has 1 aromatic rings. The summed E-state index contributed by atoms with van der Waals surface area (Å²) in [4.78, 5) is 11.6. The van der Waals surface area contributed by atoms with Gasteiger partial charge in [-0.3, -0.25) is 0 Å². The number of aliphatic hydroxyl groups excluding tert-OH is 7. The van der Waals surface area contributed by atoms with Gasteiger partial charge in [0.15, 0.2) is 12.4 Å². The van der Waals surface area contributed by atoms with Crippen molar-refractivity contribution < 1.29 is 64.2 Å². The zero-order valence-corrected chi connectivity index (χ0v) is 17.6. The number of esters is 1. The molecular formula is C20H28O13. The number of aliphatic hydroxyl groups is 7. The minimum absolute atomic E-state index is 0.162. The zero-order chi connectivity index (χ0) is 24.3. The highest BCUT2D eigenvalue weighted by atomic mass is 16.8. The van der Waals surface area contributed by atoms with Crippen LogP contribution in [0.1, 0.15) is 10.4 Å². The van der Waals surface area contributed by atoms with Gasteiger partial charge in [0.1, 0.15) is 48.5 Å². The van der Waals surface area contributed by atoms with Gasteiger partial charge in [-0.25, -0.2) is 4.79 Å². The summed E-state index contributed by atoms with van der Waals surface area (Å²) in [5, 5.41) is 69.8. The van der Waals surface area contributed by atoms with Crippen molar-refractivity contribution >= 4 is 5.97 Å². The molecule has 3 rings (SSSR count). The molecule has 0 bridgehead atoms. The maximum Gasteiger partial charge on any atom is 0.337 e. The van der Waals surface area contributed by atoms with E-state index in [1.807, 2.05) is 0 Å². The van der Waals surface area contributed by atoms with Gasteiger partial charge in [0.25, 0.3) is 0 Å². The van der Waals surface area contributed by atoms with E-state index in [0.29, 0.717) is 0 Å². The molecule has 33 heavy (non-hydrogen) atoms. The van der Waals surface area contributed by atoms with Crippen molar-refractivity contribution in [3.63, 3.8) is 0 Å². The molecule has 0 aromatic heterocycles. The lowest BCUT2D eigenvalue weighted by Crippen LogP contribution is -2.65. The summed E-state index contributed by atoms with van der Waals surface area (Å²) in [6, 6.07) is 5.64. The summed E-state index contributed by atoms with van der Waals surface area (Å²) in [6.45, 7) is -1.36. The number of hydrogen-bond donors (Lipinski definition) is 7. The van der Waals surface area contributed by atoms with Crippen LogP contribution in [0.2, 0.25) is 0 Å². The third-order valence-corrected chi connectivity index (χ3v) is 5.49. The summed E-state index contributed by atoms with van der Waals surface area (Å²) in [6.07, 6.45) is -15.5. The third kappa shape index (κ3) is 5.44. The predicted molar refractivity (Wildman–Crippen MR) is 105 cm³/mol. The monoisotopic (exact) mass is 476 g/mol. The minimum Gasteiger partial charge on any atom is -0.465 e. The van der Waals surface area contributed by atoms with Crippen LogP contribution < -0.4 is 4.74 Å². The molecule has 2 heterocycles. The van der Waals surface area contributed by atoms with Crippen LogP contribution in [0.15, 0.2) is 24.3 Å². The van der Waals surface area contributed by atoms with Crippen molar-refractivity contribution in [1.82, 2.24) is 0 Å². The van der Waals surface area contributed by atoms with E-state index in [2.05, 4.69) is 4.74 Å². The van der Waals surface area contributed by atoms with Crippen LogP contribution in [0.5, 0.6) is 5.75 Å². The molecule has 0 unspecified atom stereocenters. The van der Waals surface area contributed by atoms with Gasteiger partial charge in [-0.05, 0) is 24.3 Å². The first-order chi connectivity index (χ1) is 15.7. The van der Waals surface area contributed by atoms with Gasteiger partial charge in [-0.2, -0.15) is 0 Å². The molecule has 0 aliphatic carbocycles. The molecule has 1 aromatic carbocycles. The second-order valence-corrected chi connectivity index (χ2v) is 7.64. The lowest BCUT2D eigenvalue weighted by molar-refractivity contribution is -0.357. The Hall–Kier alpha value is -1.91. The average molecular weight is 476 g/mol. The standard InChI is InChI=1S/C20H28O13/c1-29-18(28)8-2-4-9(5-3-8)30-20-17(15(26)13(24)11(7-22)32-20)33-19-16(27)14(25)12(23)10(6-21)31-19/h2-5,10-17,19-27H,6-7H2,1H3/t10-,11-,12-,13-,14+,15+,16+,17+,19-,20+/m1/s1. The zero-order valence-electron chi connectivity index (χ0n) is 17.6.